The molecule has 0 aromatic carbocycles. The third-order valence-electron chi connectivity index (χ3n) is 4.40. The molecule has 0 saturated carbocycles. The number of carbonyl (C=O) groups is 1. The van der Waals surface area contributed by atoms with Crippen molar-refractivity contribution in [3.8, 4) is 0 Å². The Labute approximate surface area is 109 Å². The quantitative estimate of drug-likeness (QED) is 0.720. The lowest BCUT2D eigenvalue weighted by Gasteiger charge is -2.39. The van der Waals surface area contributed by atoms with Crippen molar-refractivity contribution in [1.29, 1.82) is 0 Å². The molecule has 1 saturated heterocycles. The summed E-state index contributed by atoms with van der Waals surface area (Å²) < 4.78 is 5.37. The highest BCUT2D eigenvalue weighted by atomic mass is 16.5. The smallest absolute Gasteiger partial charge is 0.140 e. The first kappa shape index (κ1) is 13.3. The normalized spacial score (nSPS) is 28.8. The Balaban J connectivity index is 2.10. The molecular formula is C15H23NO2. The number of ether oxygens (including phenoxy) is 1. The van der Waals surface area contributed by atoms with Crippen LogP contribution in [-0.2, 0) is 9.53 Å². The van der Waals surface area contributed by atoms with E-state index >= 15 is 0 Å². The maximum Gasteiger partial charge on any atom is 0.140 e. The van der Waals surface area contributed by atoms with E-state index in [1.807, 2.05) is 6.92 Å². The molecule has 0 spiro atoms. The monoisotopic (exact) mass is 249 g/mol. The van der Waals surface area contributed by atoms with Crippen LogP contribution in [0.15, 0.2) is 23.9 Å². The van der Waals surface area contributed by atoms with Crippen LogP contribution < -0.4 is 0 Å². The Morgan fingerprint density at radius 3 is 2.50 bits per heavy atom. The fraction of sp³-hybridized carbons (Fsp3) is 0.667. The van der Waals surface area contributed by atoms with Gasteiger partial charge in [-0.3, -0.25) is 4.79 Å². The molecule has 100 valence electrons. The summed E-state index contributed by atoms with van der Waals surface area (Å²) in [4.78, 5) is 14.3. The van der Waals surface area contributed by atoms with Gasteiger partial charge in [0.05, 0.1) is 18.6 Å². The van der Waals surface area contributed by atoms with Crippen molar-refractivity contribution in [2.45, 2.75) is 33.1 Å². The van der Waals surface area contributed by atoms with Crippen LogP contribution in [0.3, 0.4) is 0 Å². The standard InChI is InChI=1S/C15H23NO2/c1-12(2)15(13(3)17)6-4-14(5-7-15)16-8-10-18-11-9-16/h4H,1,5-11H2,2-3H3. The van der Waals surface area contributed by atoms with E-state index in [9.17, 15) is 4.79 Å². The molecule has 18 heavy (non-hydrogen) atoms. The molecule has 0 aromatic rings. The van der Waals surface area contributed by atoms with E-state index < -0.39 is 0 Å². The Bertz CT molecular complexity index is 364. The molecule has 2 aliphatic rings. The number of ketones is 1. The van der Waals surface area contributed by atoms with Crippen molar-refractivity contribution in [2.24, 2.45) is 5.41 Å². The van der Waals surface area contributed by atoms with Crippen molar-refractivity contribution in [3.05, 3.63) is 23.9 Å². The van der Waals surface area contributed by atoms with Crippen molar-refractivity contribution in [1.82, 2.24) is 4.90 Å². The molecule has 0 aromatic heterocycles. The zero-order valence-electron chi connectivity index (χ0n) is 11.5. The highest BCUT2D eigenvalue weighted by molar-refractivity contribution is 5.85. The van der Waals surface area contributed by atoms with Crippen LogP contribution >= 0.6 is 0 Å². The molecule has 0 bridgehead atoms. The third kappa shape index (κ3) is 2.37. The van der Waals surface area contributed by atoms with Gasteiger partial charge in [0.15, 0.2) is 0 Å². The lowest BCUT2D eigenvalue weighted by Crippen LogP contribution is -2.39. The van der Waals surface area contributed by atoms with Gasteiger partial charge >= 0.3 is 0 Å². The topological polar surface area (TPSA) is 29.5 Å². The number of allylic oxidation sites excluding steroid dienone is 3. The second kappa shape index (κ2) is 5.27. The molecule has 0 N–H and O–H groups in total. The summed E-state index contributed by atoms with van der Waals surface area (Å²) in [6, 6.07) is 0. The van der Waals surface area contributed by atoms with Gasteiger partial charge < -0.3 is 9.64 Å². The summed E-state index contributed by atoms with van der Waals surface area (Å²) in [6.07, 6.45) is 4.93. The molecule has 1 aliphatic heterocycles. The SMILES string of the molecule is C=C(C)C1(C(C)=O)CC=C(N2CCOCC2)CC1. The first-order valence-corrected chi connectivity index (χ1v) is 6.75. The minimum Gasteiger partial charge on any atom is -0.378 e. The van der Waals surface area contributed by atoms with Crippen LogP contribution in [0.1, 0.15) is 33.1 Å². The molecule has 1 fully saturated rings. The lowest BCUT2D eigenvalue weighted by atomic mass is 9.69. The highest BCUT2D eigenvalue weighted by Crippen LogP contribution is 2.42. The summed E-state index contributed by atoms with van der Waals surface area (Å²) in [5.41, 5.74) is 2.08. The fourth-order valence-electron chi connectivity index (χ4n) is 2.98. The summed E-state index contributed by atoms with van der Waals surface area (Å²) in [5, 5.41) is 0. The zero-order valence-corrected chi connectivity index (χ0v) is 11.5. The van der Waals surface area contributed by atoms with Crippen molar-refractivity contribution < 1.29 is 9.53 Å². The second-order valence-corrected chi connectivity index (χ2v) is 5.42. The summed E-state index contributed by atoms with van der Waals surface area (Å²) in [5.74, 6) is 0.257. The minimum atomic E-state index is -0.310. The van der Waals surface area contributed by atoms with E-state index in [2.05, 4.69) is 17.6 Å². The molecule has 0 radical (unpaired) electrons. The lowest BCUT2D eigenvalue weighted by molar-refractivity contribution is -0.125. The minimum absolute atomic E-state index is 0.257. The van der Waals surface area contributed by atoms with E-state index in [4.69, 9.17) is 4.74 Å². The molecule has 1 heterocycles. The van der Waals surface area contributed by atoms with Gasteiger partial charge in [-0.1, -0.05) is 18.2 Å². The maximum atomic E-state index is 11.9. The van der Waals surface area contributed by atoms with Crippen molar-refractivity contribution in [3.63, 3.8) is 0 Å². The number of Topliss-reactive ketones (excluding diaryl/α,β-unsaturated/α-hetero) is 1. The number of hydrogen-bond donors (Lipinski definition) is 0. The first-order chi connectivity index (χ1) is 8.56. The molecule has 3 nitrogen and oxygen atoms in total. The molecule has 0 amide bonds. The predicted octanol–water partition coefficient (Wildman–Crippen LogP) is 2.54. The van der Waals surface area contributed by atoms with Gasteiger partial charge in [0, 0.05) is 18.8 Å². The second-order valence-electron chi connectivity index (χ2n) is 5.42. The molecule has 1 atom stereocenters. The van der Waals surface area contributed by atoms with Crippen molar-refractivity contribution in [2.75, 3.05) is 26.3 Å². The van der Waals surface area contributed by atoms with Crippen LogP contribution in [0, 0.1) is 5.41 Å². The van der Waals surface area contributed by atoms with E-state index in [0.717, 1.165) is 51.1 Å². The van der Waals surface area contributed by atoms with E-state index in [-0.39, 0.29) is 11.2 Å². The predicted molar refractivity (Wildman–Crippen MR) is 72.3 cm³/mol. The maximum absolute atomic E-state index is 11.9. The summed E-state index contributed by atoms with van der Waals surface area (Å²) in [6.45, 7) is 11.3. The number of carbonyl (C=O) groups excluding carboxylic acids is 1. The number of morpholine rings is 1. The average molecular weight is 249 g/mol. The third-order valence-corrected chi connectivity index (χ3v) is 4.40. The molecular weight excluding hydrogens is 226 g/mol. The van der Waals surface area contributed by atoms with E-state index in [1.165, 1.54) is 5.70 Å². The number of rotatable bonds is 3. The van der Waals surface area contributed by atoms with Gasteiger partial charge in [0.25, 0.3) is 0 Å². The van der Waals surface area contributed by atoms with E-state index in [0.29, 0.717) is 0 Å². The number of hydrogen-bond acceptors (Lipinski definition) is 3. The first-order valence-electron chi connectivity index (χ1n) is 6.75. The van der Waals surface area contributed by atoms with Gasteiger partial charge in [-0.05, 0) is 33.1 Å². The largest absolute Gasteiger partial charge is 0.378 e. The van der Waals surface area contributed by atoms with Crippen LogP contribution in [0.4, 0.5) is 0 Å². The van der Waals surface area contributed by atoms with Crippen molar-refractivity contribution >= 4 is 5.78 Å². The van der Waals surface area contributed by atoms with Crippen LogP contribution in [0.2, 0.25) is 0 Å². The average Bonchev–Trinajstić information content (AvgIpc) is 2.39. The zero-order chi connectivity index (χ0) is 13.2. The molecule has 1 aliphatic carbocycles. The van der Waals surface area contributed by atoms with Gasteiger partial charge in [0.1, 0.15) is 5.78 Å². The number of nitrogens with zero attached hydrogens (tertiary/aromatic N) is 1. The van der Waals surface area contributed by atoms with E-state index in [1.54, 1.807) is 6.92 Å². The van der Waals surface area contributed by atoms with Gasteiger partial charge in [-0.2, -0.15) is 0 Å². The molecule has 1 unspecified atom stereocenters. The summed E-state index contributed by atoms with van der Waals surface area (Å²) in [7, 11) is 0. The molecule has 3 heteroatoms. The van der Waals surface area contributed by atoms with Crippen LogP contribution in [0.25, 0.3) is 0 Å². The Kier molecular flexibility index (Phi) is 3.91. The highest BCUT2D eigenvalue weighted by Gasteiger charge is 2.38. The van der Waals surface area contributed by atoms with Crippen LogP contribution in [-0.4, -0.2) is 37.0 Å². The van der Waals surface area contributed by atoms with Crippen LogP contribution in [0.5, 0.6) is 0 Å². The fourth-order valence-corrected chi connectivity index (χ4v) is 2.98. The summed E-state index contributed by atoms with van der Waals surface area (Å²) >= 11 is 0. The Hall–Kier alpha value is -1.09. The van der Waals surface area contributed by atoms with Gasteiger partial charge in [0.2, 0.25) is 0 Å². The molecule has 2 rings (SSSR count). The van der Waals surface area contributed by atoms with Gasteiger partial charge in [-0.15, -0.1) is 0 Å². The van der Waals surface area contributed by atoms with Gasteiger partial charge in [-0.25, -0.2) is 0 Å². The Morgan fingerprint density at radius 1 is 1.39 bits per heavy atom. The Morgan fingerprint density at radius 2 is 2.06 bits per heavy atom.